The number of hydrogen-bond acceptors (Lipinski definition) is 5. The molecule has 1 amide bonds. The van der Waals surface area contributed by atoms with E-state index < -0.39 is 0 Å². The third-order valence-electron chi connectivity index (χ3n) is 4.59. The lowest BCUT2D eigenvalue weighted by Gasteiger charge is -2.16. The standard InChI is InChI=1S/C23H28N2O4/c1-16-14-17(2)18(3)21(15-16)28-12-13-29-23-19(6-5-7-20(23)27-4)9-11-25-22(26)8-10-24/h5-7,14-15H,8-9,11-13H2,1-4H3,(H,25,26). The van der Waals surface area contributed by atoms with Gasteiger partial charge < -0.3 is 19.5 Å². The first-order chi connectivity index (χ1) is 14.0. The molecular weight excluding hydrogens is 368 g/mol. The van der Waals surface area contributed by atoms with E-state index in [9.17, 15) is 4.79 Å². The number of hydrogen-bond donors (Lipinski definition) is 1. The van der Waals surface area contributed by atoms with Crippen LogP contribution in [-0.4, -0.2) is 32.8 Å². The van der Waals surface area contributed by atoms with E-state index >= 15 is 0 Å². The summed E-state index contributed by atoms with van der Waals surface area (Å²) in [5.41, 5.74) is 4.41. The fourth-order valence-electron chi connectivity index (χ4n) is 3.00. The maximum absolute atomic E-state index is 11.5. The van der Waals surface area contributed by atoms with Crippen LogP contribution in [0.3, 0.4) is 0 Å². The van der Waals surface area contributed by atoms with Crippen molar-refractivity contribution in [3.8, 4) is 23.3 Å². The van der Waals surface area contributed by atoms with Gasteiger partial charge in [-0.1, -0.05) is 18.2 Å². The number of rotatable bonds is 10. The summed E-state index contributed by atoms with van der Waals surface area (Å²) < 4.78 is 17.3. The average Bonchev–Trinajstić information content (AvgIpc) is 2.69. The monoisotopic (exact) mass is 396 g/mol. The van der Waals surface area contributed by atoms with Crippen molar-refractivity contribution < 1.29 is 19.0 Å². The van der Waals surface area contributed by atoms with Gasteiger partial charge in [-0.05, 0) is 61.6 Å². The first kappa shape index (κ1) is 22.1. The van der Waals surface area contributed by atoms with Crippen molar-refractivity contribution in [1.29, 1.82) is 5.26 Å². The van der Waals surface area contributed by atoms with Crippen LogP contribution in [0.5, 0.6) is 17.2 Å². The van der Waals surface area contributed by atoms with Gasteiger partial charge in [0, 0.05) is 6.54 Å². The Kier molecular flexibility index (Phi) is 8.35. The molecule has 2 rings (SSSR count). The highest BCUT2D eigenvalue weighted by atomic mass is 16.5. The maximum atomic E-state index is 11.5. The third-order valence-corrected chi connectivity index (χ3v) is 4.59. The van der Waals surface area contributed by atoms with Gasteiger partial charge in [0.1, 0.15) is 25.4 Å². The largest absolute Gasteiger partial charge is 0.493 e. The predicted octanol–water partition coefficient (Wildman–Crippen LogP) is 3.65. The summed E-state index contributed by atoms with van der Waals surface area (Å²) in [6.07, 6.45) is 0.428. The molecule has 154 valence electrons. The van der Waals surface area contributed by atoms with Gasteiger partial charge in [-0.15, -0.1) is 0 Å². The molecule has 6 heteroatoms. The number of methoxy groups -OCH3 is 1. The minimum absolute atomic E-state index is 0.142. The Bertz CT molecular complexity index is 887. The second kappa shape index (κ2) is 11.0. The average molecular weight is 396 g/mol. The van der Waals surface area contributed by atoms with Crippen molar-refractivity contribution >= 4 is 5.91 Å². The highest BCUT2D eigenvalue weighted by Crippen LogP contribution is 2.31. The van der Waals surface area contributed by atoms with Crippen LogP contribution in [0.25, 0.3) is 0 Å². The van der Waals surface area contributed by atoms with E-state index in [0.29, 0.717) is 37.7 Å². The first-order valence-corrected chi connectivity index (χ1v) is 9.59. The van der Waals surface area contributed by atoms with Crippen LogP contribution in [0.1, 0.15) is 28.7 Å². The van der Waals surface area contributed by atoms with Crippen LogP contribution in [0.4, 0.5) is 0 Å². The minimum Gasteiger partial charge on any atom is -0.493 e. The number of ether oxygens (including phenoxy) is 3. The number of aryl methyl sites for hydroxylation is 2. The summed E-state index contributed by atoms with van der Waals surface area (Å²) >= 11 is 0. The summed E-state index contributed by atoms with van der Waals surface area (Å²) in [5, 5.41) is 11.3. The first-order valence-electron chi connectivity index (χ1n) is 9.59. The van der Waals surface area contributed by atoms with E-state index in [-0.39, 0.29) is 12.3 Å². The van der Waals surface area contributed by atoms with Crippen LogP contribution in [-0.2, 0) is 11.2 Å². The lowest BCUT2D eigenvalue weighted by molar-refractivity contribution is -0.120. The Morgan fingerprint density at radius 3 is 2.59 bits per heavy atom. The summed E-state index contributed by atoms with van der Waals surface area (Å²) in [6, 6.07) is 11.6. The number of benzene rings is 2. The van der Waals surface area contributed by atoms with Gasteiger partial charge in [-0.2, -0.15) is 5.26 Å². The molecule has 0 aliphatic heterocycles. The number of nitrogens with zero attached hydrogens (tertiary/aromatic N) is 1. The quantitative estimate of drug-likeness (QED) is 0.620. The second-order valence-corrected chi connectivity index (χ2v) is 6.79. The van der Waals surface area contributed by atoms with E-state index in [1.165, 1.54) is 5.56 Å². The number of carbonyl (C=O) groups excluding carboxylic acids is 1. The fraction of sp³-hybridized carbons (Fsp3) is 0.391. The van der Waals surface area contributed by atoms with E-state index in [0.717, 1.165) is 22.4 Å². The lowest BCUT2D eigenvalue weighted by atomic mass is 10.1. The smallest absolute Gasteiger partial charge is 0.234 e. The molecule has 0 fully saturated rings. The van der Waals surface area contributed by atoms with Gasteiger partial charge in [0.15, 0.2) is 11.5 Å². The molecule has 0 radical (unpaired) electrons. The van der Waals surface area contributed by atoms with Crippen molar-refractivity contribution in [2.75, 3.05) is 26.9 Å². The molecule has 2 aromatic carbocycles. The summed E-state index contributed by atoms with van der Waals surface area (Å²) in [4.78, 5) is 11.5. The maximum Gasteiger partial charge on any atom is 0.234 e. The minimum atomic E-state index is -0.282. The number of carbonyl (C=O) groups is 1. The van der Waals surface area contributed by atoms with Crippen LogP contribution < -0.4 is 19.5 Å². The van der Waals surface area contributed by atoms with Crippen molar-refractivity contribution in [3.05, 3.63) is 52.6 Å². The zero-order valence-electron chi connectivity index (χ0n) is 17.5. The highest BCUT2D eigenvalue weighted by molar-refractivity contribution is 5.77. The predicted molar refractivity (Wildman–Crippen MR) is 112 cm³/mol. The Labute approximate surface area is 172 Å². The van der Waals surface area contributed by atoms with Crippen LogP contribution in [0.15, 0.2) is 30.3 Å². The van der Waals surface area contributed by atoms with Crippen LogP contribution in [0, 0.1) is 32.1 Å². The zero-order valence-corrected chi connectivity index (χ0v) is 17.5. The normalized spacial score (nSPS) is 10.2. The van der Waals surface area contributed by atoms with E-state index in [1.54, 1.807) is 7.11 Å². The Balaban J connectivity index is 1.97. The molecule has 0 aliphatic rings. The summed E-state index contributed by atoms with van der Waals surface area (Å²) in [6.45, 7) is 7.35. The molecule has 0 heterocycles. The van der Waals surface area contributed by atoms with Gasteiger partial charge in [0.2, 0.25) is 5.91 Å². The topological polar surface area (TPSA) is 80.6 Å². The molecule has 6 nitrogen and oxygen atoms in total. The molecule has 0 aromatic heterocycles. The fourth-order valence-corrected chi connectivity index (χ4v) is 3.00. The number of para-hydroxylation sites is 1. The molecule has 0 atom stereocenters. The molecule has 2 aromatic rings. The van der Waals surface area contributed by atoms with Gasteiger partial charge >= 0.3 is 0 Å². The molecule has 0 bridgehead atoms. The third kappa shape index (κ3) is 6.42. The molecule has 0 spiro atoms. The molecular formula is C23H28N2O4. The van der Waals surface area contributed by atoms with Gasteiger partial charge in [-0.3, -0.25) is 4.79 Å². The SMILES string of the molecule is COc1cccc(CCNC(=O)CC#N)c1OCCOc1cc(C)cc(C)c1C. The molecule has 0 saturated heterocycles. The van der Waals surface area contributed by atoms with Crippen LogP contribution >= 0.6 is 0 Å². The van der Waals surface area contributed by atoms with Gasteiger partial charge in [0.25, 0.3) is 0 Å². The van der Waals surface area contributed by atoms with Crippen LogP contribution in [0.2, 0.25) is 0 Å². The Morgan fingerprint density at radius 2 is 1.86 bits per heavy atom. The van der Waals surface area contributed by atoms with Crippen molar-refractivity contribution in [2.24, 2.45) is 0 Å². The van der Waals surface area contributed by atoms with Gasteiger partial charge in [0.05, 0.1) is 13.2 Å². The zero-order chi connectivity index (χ0) is 21.2. The molecule has 29 heavy (non-hydrogen) atoms. The lowest BCUT2D eigenvalue weighted by Crippen LogP contribution is -2.25. The molecule has 1 N–H and O–H groups in total. The molecule has 0 aliphatic carbocycles. The molecule has 0 saturated carbocycles. The number of amides is 1. The summed E-state index contributed by atoms with van der Waals surface area (Å²) in [7, 11) is 1.59. The van der Waals surface area contributed by atoms with Crippen molar-refractivity contribution in [1.82, 2.24) is 5.32 Å². The summed E-state index contributed by atoms with van der Waals surface area (Å²) in [5.74, 6) is 1.86. The van der Waals surface area contributed by atoms with Gasteiger partial charge in [-0.25, -0.2) is 0 Å². The Hall–Kier alpha value is -3.20. The van der Waals surface area contributed by atoms with E-state index in [1.807, 2.05) is 44.2 Å². The van der Waals surface area contributed by atoms with Crippen molar-refractivity contribution in [3.63, 3.8) is 0 Å². The number of nitrogens with one attached hydrogen (secondary N) is 1. The second-order valence-electron chi connectivity index (χ2n) is 6.79. The van der Waals surface area contributed by atoms with E-state index in [2.05, 4.69) is 18.3 Å². The highest BCUT2D eigenvalue weighted by Gasteiger charge is 2.12. The molecule has 0 unspecified atom stereocenters. The Morgan fingerprint density at radius 1 is 1.10 bits per heavy atom. The van der Waals surface area contributed by atoms with Crippen molar-refractivity contribution in [2.45, 2.75) is 33.6 Å². The van der Waals surface area contributed by atoms with E-state index in [4.69, 9.17) is 19.5 Å². The number of nitriles is 1.